The van der Waals surface area contributed by atoms with Crippen LogP contribution in [-0.4, -0.2) is 18.4 Å². The van der Waals surface area contributed by atoms with Gasteiger partial charge in [-0.05, 0) is 28.1 Å². The molecule has 118 valence electrons. The quantitative estimate of drug-likeness (QED) is 0.785. The van der Waals surface area contributed by atoms with E-state index in [1.54, 1.807) is 18.2 Å². The number of benzene rings is 1. The van der Waals surface area contributed by atoms with Crippen molar-refractivity contribution in [3.05, 3.63) is 45.7 Å². The highest BCUT2D eigenvalue weighted by Crippen LogP contribution is 2.33. The molecule has 5 nitrogen and oxygen atoms in total. The van der Waals surface area contributed by atoms with Crippen LogP contribution in [0.5, 0.6) is 0 Å². The molecule has 0 radical (unpaired) electrons. The van der Waals surface area contributed by atoms with Gasteiger partial charge in [-0.3, -0.25) is 0 Å². The maximum Gasteiger partial charge on any atom is 0.264 e. The maximum atomic E-state index is 12.3. The first kappa shape index (κ1) is 17.2. The Hall–Kier alpha value is -1.18. The molecule has 1 heterocycles. The Morgan fingerprint density at radius 1 is 1.14 bits per heavy atom. The van der Waals surface area contributed by atoms with E-state index < -0.39 is 10.0 Å². The molecule has 0 bridgehead atoms. The van der Waals surface area contributed by atoms with Crippen LogP contribution in [-0.2, 0) is 15.4 Å². The van der Waals surface area contributed by atoms with Crippen molar-refractivity contribution in [1.29, 1.82) is 0 Å². The molecule has 0 aliphatic rings. The van der Waals surface area contributed by atoms with Crippen LogP contribution in [0.3, 0.4) is 0 Å². The Labute approximate surface area is 143 Å². The van der Waals surface area contributed by atoms with Crippen LogP contribution in [0.1, 0.15) is 26.5 Å². The molecule has 0 saturated heterocycles. The molecular weight excluding hydrogens is 390 g/mol. The number of sulfonamides is 1. The number of nitrogens with zero attached hydrogens (tertiary/aromatic N) is 2. The summed E-state index contributed by atoms with van der Waals surface area (Å²) in [4.78, 5) is 8.39. The van der Waals surface area contributed by atoms with Crippen LogP contribution in [0.25, 0.3) is 0 Å². The van der Waals surface area contributed by atoms with E-state index in [0.29, 0.717) is 10.2 Å². The predicted octanol–water partition coefficient (Wildman–Crippen LogP) is 3.99. The molecule has 1 aromatic carbocycles. The first-order chi connectivity index (χ1) is 10.1. The second-order valence-electron chi connectivity index (χ2n) is 5.67. The molecule has 2 rings (SSSR count). The Morgan fingerprint density at radius 3 is 2.27 bits per heavy atom. The lowest BCUT2D eigenvalue weighted by Gasteiger charge is -2.20. The molecule has 0 atom stereocenters. The minimum absolute atomic E-state index is 0.0537. The van der Waals surface area contributed by atoms with Gasteiger partial charge in [0, 0.05) is 5.41 Å². The van der Waals surface area contributed by atoms with E-state index in [4.69, 9.17) is 11.6 Å². The topological polar surface area (TPSA) is 72.0 Å². The zero-order valence-electron chi connectivity index (χ0n) is 12.3. The Kier molecular flexibility index (Phi) is 4.79. The summed E-state index contributed by atoms with van der Waals surface area (Å²) in [6.07, 6.45) is 0. The van der Waals surface area contributed by atoms with Gasteiger partial charge in [0.2, 0.25) is 5.95 Å². The molecule has 8 heteroatoms. The fourth-order valence-corrected chi connectivity index (χ4v) is 3.65. The number of hydrogen-bond donors (Lipinski definition) is 1. The van der Waals surface area contributed by atoms with Crippen LogP contribution in [0.4, 0.5) is 5.95 Å². The van der Waals surface area contributed by atoms with Gasteiger partial charge in [0.05, 0.1) is 15.1 Å². The monoisotopic (exact) mass is 403 g/mol. The van der Waals surface area contributed by atoms with Gasteiger partial charge in [-0.2, -0.15) is 4.98 Å². The lowest BCUT2D eigenvalue weighted by atomic mass is 9.92. The molecule has 1 N–H and O–H groups in total. The number of aromatic nitrogens is 2. The zero-order valence-corrected chi connectivity index (χ0v) is 15.4. The predicted molar refractivity (Wildman–Crippen MR) is 90.7 cm³/mol. The van der Waals surface area contributed by atoms with Gasteiger partial charge in [0.25, 0.3) is 10.0 Å². The SMILES string of the molecule is CC(C)(C)c1nc(NS(=O)(=O)c2ccccc2)nc(Cl)c1Br. The van der Waals surface area contributed by atoms with E-state index in [1.165, 1.54) is 12.1 Å². The van der Waals surface area contributed by atoms with Gasteiger partial charge in [0.1, 0.15) is 5.15 Å². The molecule has 1 aromatic heterocycles. The highest BCUT2D eigenvalue weighted by atomic mass is 79.9. The van der Waals surface area contributed by atoms with Crippen molar-refractivity contribution in [2.45, 2.75) is 31.1 Å². The molecule has 0 spiro atoms. The van der Waals surface area contributed by atoms with Gasteiger partial charge < -0.3 is 0 Å². The van der Waals surface area contributed by atoms with Crippen molar-refractivity contribution in [2.75, 3.05) is 4.72 Å². The summed E-state index contributed by atoms with van der Waals surface area (Å²) < 4.78 is 27.5. The smallest absolute Gasteiger partial charge is 0.247 e. The summed E-state index contributed by atoms with van der Waals surface area (Å²) in [5.41, 5.74) is 0.302. The van der Waals surface area contributed by atoms with Crippen LogP contribution in [0, 0.1) is 0 Å². The molecule has 0 unspecified atom stereocenters. The second-order valence-corrected chi connectivity index (χ2v) is 8.50. The lowest BCUT2D eigenvalue weighted by molar-refractivity contribution is 0.564. The van der Waals surface area contributed by atoms with Gasteiger partial charge >= 0.3 is 0 Å². The Morgan fingerprint density at radius 2 is 1.73 bits per heavy atom. The summed E-state index contributed by atoms with van der Waals surface area (Å²) in [5.74, 6) is -0.0537. The van der Waals surface area contributed by atoms with Gasteiger partial charge in [-0.15, -0.1) is 0 Å². The summed E-state index contributed by atoms with van der Waals surface area (Å²) >= 11 is 9.41. The fourth-order valence-electron chi connectivity index (χ4n) is 1.74. The third-order valence-electron chi connectivity index (χ3n) is 2.80. The highest BCUT2D eigenvalue weighted by molar-refractivity contribution is 9.10. The number of hydrogen-bond acceptors (Lipinski definition) is 4. The van der Waals surface area contributed by atoms with Crippen LogP contribution >= 0.6 is 27.5 Å². The van der Waals surface area contributed by atoms with Crippen LogP contribution in [0.15, 0.2) is 39.7 Å². The van der Waals surface area contributed by atoms with E-state index in [1.807, 2.05) is 20.8 Å². The lowest BCUT2D eigenvalue weighted by Crippen LogP contribution is -2.20. The van der Waals surface area contributed by atoms with Gasteiger partial charge in [0.15, 0.2) is 0 Å². The van der Waals surface area contributed by atoms with E-state index >= 15 is 0 Å². The van der Waals surface area contributed by atoms with Crippen molar-refractivity contribution in [3.8, 4) is 0 Å². The third kappa shape index (κ3) is 3.77. The van der Waals surface area contributed by atoms with Crippen molar-refractivity contribution >= 4 is 43.5 Å². The Bertz CT molecular complexity index is 790. The van der Waals surface area contributed by atoms with Crippen molar-refractivity contribution in [1.82, 2.24) is 9.97 Å². The summed E-state index contributed by atoms with van der Waals surface area (Å²) in [6.45, 7) is 5.85. The molecule has 0 amide bonds. The zero-order chi connectivity index (χ0) is 16.5. The van der Waals surface area contributed by atoms with E-state index in [9.17, 15) is 8.42 Å². The molecule has 0 aliphatic carbocycles. The molecule has 0 saturated carbocycles. The van der Waals surface area contributed by atoms with Gasteiger partial charge in [-0.1, -0.05) is 50.6 Å². The van der Waals surface area contributed by atoms with Crippen LogP contribution in [0.2, 0.25) is 5.15 Å². The Balaban J connectivity index is 2.45. The minimum Gasteiger partial charge on any atom is -0.247 e. The summed E-state index contributed by atoms with van der Waals surface area (Å²) in [7, 11) is -3.75. The van der Waals surface area contributed by atoms with Crippen LogP contribution < -0.4 is 4.72 Å². The fraction of sp³-hybridized carbons (Fsp3) is 0.286. The molecule has 22 heavy (non-hydrogen) atoms. The minimum atomic E-state index is -3.75. The standard InChI is InChI=1S/C14H15BrClN3O2S/c1-14(2,3)11-10(15)12(16)18-13(17-11)19-22(20,21)9-7-5-4-6-8-9/h4-8H,1-3H3,(H,17,18,19). The van der Waals surface area contributed by atoms with E-state index in [2.05, 4.69) is 30.6 Å². The summed E-state index contributed by atoms with van der Waals surface area (Å²) in [5, 5.41) is 0.158. The number of nitrogens with one attached hydrogen (secondary N) is 1. The normalized spacial score (nSPS) is 12.2. The first-order valence-electron chi connectivity index (χ1n) is 6.42. The average molecular weight is 405 g/mol. The molecule has 0 fully saturated rings. The van der Waals surface area contributed by atoms with Crippen molar-refractivity contribution < 1.29 is 8.42 Å². The molecule has 0 aliphatic heterocycles. The molecular formula is C14H15BrClN3O2S. The number of halogens is 2. The first-order valence-corrected chi connectivity index (χ1v) is 9.08. The van der Waals surface area contributed by atoms with Gasteiger partial charge in [-0.25, -0.2) is 18.1 Å². The molecule has 2 aromatic rings. The van der Waals surface area contributed by atoms with E-state index in [-0.39, 0.29) is 21.4 Å². The maximum absolute atomic E-state index is 12.3. The van der Waals surface area contributed by atoms with Crippen molar-refractivity contribution in [2.24, 2.45) is 0 Å². The average Bonchev–Trinajstić information content (AvgIpc) is 2.42. The van der Waals surface area contributed by atoms with Crippen molar-refractivity contribution in [3.63, 3.8) is 0 Å². The highest BCUT2D eigenvalue weighted by Gasteiger charge is 2.24. The number of rotatable bonds is 3. The van der Waals surface area contributed by atoms with E-state index in [0.717, 1.165) is 0 Å². The largest absolute Gasteiger partial charge is 0.264 e. The number of anilines is 1. The summed E-state index contributed by atoms with van der Waals surface area (Å²) in [6, 6.07) is 8.01. The second kappa shape index (κ2) is 6.14. The third-order valence-corrected chi connectivity index (χ3v) is 5.40.